The Hall–Kier alpha value is -2.20. The number of aromatic nitrogens is 1. The molecule has 196 valence electrons. The Balaban J connectivity index is 1.15. The number of nitrogens with zero attached hydrogens (tertiary/aromatic N) is 4. The first-order valence-corrected chi connectivity index (χ1v) is 14.4. The van der Waals surface area contributed by atoms with Gasteiger partial charge in [-0.2, -0.15) is 0 Å². The molecule has 1 aromatic carbocycles. The van der Waals surface area contributed by atoms with Gasteiger partial charge in [-0.05, 0) is 69.4 Å². The number of methoxy groups -OCH3 is 1. The first-order chi connectivity index (χ1) is 17.6. The predicted octanol–water partition coefficient (Wildman–Crippen LogP) is 4.61. The molecule has 9 heteroatoms. The van der Waals surface area contributed by atoms with Crippen molar-refractivity contribution in [2.24, 2.45) is 0 Å². The van der Waals surface area contributed by atoms with Crippen LogP contribution < -0.4 is 15.5 Å². The van der Waals surface area contributed by atoms with E-state index in [2.05, 4.69) is 45.8 Å². The van der Waals surface area contributed by atoms with Gasteiger partial charge < -0.3 is 9.64 Å². The van der Waals surface area contributed by atoms with Gasteiger partial charge >= 0.3 is 6.03 Å². The van der Waals surface area contributed by atoms with Crippen LogP contribution in [0.25, 0.3) is 11.3 Å². The van der Waals surface area contributed by atoms with Crippen LogP contribution in [-0.2, 0) is 0 Å². The summed E-state index contributed by atoms with van der Waals surface area (Å²) in [6, 6.07) is 6.94. The van der Waals surface area contributed by atoms with E-state index in [1.807, 2.05) is 10.4 Å². The van der Waals surface area contributed by atoms with Crippen LogP contribution in [0.1, 0.15) is 56.4 Å². The minimum Gasteiger partial charge on any atom is -0.496 e. The third-order valence-corrected chi connectivity index (χ3v) is 8.84. The summed E-state index contributed by atoms with van der Waals surface area (Å²) < 4.78 is 5.64. The second-order valence-electron chi connectivity index (χ2n) is 10.5. The Morgan fingerprint density at radius 1 is 1.03 bits per heavy atom. The van der Waals surface area contributed by atoms with Gasteiger partial charge in [0.15, 0.2) is 5.13 Å². The summed E-state index contributed by atoms with van der Waals surface area (Å²) in [5, 5.41) is 7.54. The summed E-state index contributed by atoms with van der Waals surface area (Å²) >= 11 is 1.45. The van der Waals surface area contributed by atoms with E-state index in [-0.39, 0.29) is 6.03 Å². The van der Waals surface area contributed by atoms with Gasteiger partial charge in [-0.3, -0.25) is 15.6 Å². The number of thiazole rings is 1. The van der Waals surface area contributed by atoms with Crippen molar-refractivity contribution >= 4 is 22.5 Å². The van der Waals surface area contributed by atoms with Gasteiger partial charge in [0.05, 0.1) is 12.8 Å². The second-order valence-corrected chi connectivity index (χ2v) is 11.3. The fraction of sp³-hybridized carbons (Fsp3) is 0.630. The van der Waals surface area contributed by atoms with E-state index in [0.29, 0.717) is 17.1 Å². The van der Waals surface area contributed by atoms with Crippen LogP contribution in [0.15, 0.2) is 23.6 Å². The number of nitrogens with one attached hydrogen (secondary N) is 2. The number of piperazine rings is 1. The first-order valence-electron chi connectivity index (χ1n) is 13.5. The van der Waals surface area contributed by atoms with Crippen LogP contribution in [0, 0.1) is 0 Å². The van der Waals surface area contributed by atoms with Gasteiger partial charge in [0.25, 0.3) is 0 Å². The molecular weight excluding hydrogens is 472 g/mol. The molecule has 0 bridgehead atoms. The molecular formula is C27H40N6O2S. The zero-order chi connectivity index (χ0) is 24.9. The number of likely N-dealkylation sites (tertiary alicyclic amines) is 1. The highest BCUT2D eigenvalue weighted by Crippen LogP contribution is 2.38. The molecule has 2 aliphatic heterocycles. The standard InChI is InChI=1S/C27H40N6O2S/c1-31-12-10-22(11-13-31)32-14-16-33(17-15-32)30-26(34)29-27-28-24(19-36-27)23-18-21(8-9-25(23)35-2)20-6-4-3-5-7-20/h8-9,18-20,22H,3-7,10-17H2,1-2H3,(H2,28,29,30,34). The second kappa shape index (κ2) is 11.9. The molecule has 3 aliphatic rings. The lowest BCUT2D eigenvalue weighted by molar-refractivity contribution is 0.0499. The van der Waals surface area contributed by atoms with Crippen LogP contribution in [0.4, 0.5) is 9.93 Å². The van der Waals surface area contributed by atoms with Crippen molar-refractivity contribution < 1.29 is 9.53 Å². The zero-order valence-electron chi connectivity index (χ0n) is 21.7. The summed E-state index contributed by atoms with van der Waals surface area (Å²) in [4.78, 5) is 22.4. The zero-order valence-corrected chi connectivity index (χ0v) is 22.5. The lowest BCUT2D eigenvalue weighted by atomic mass is 9.83. The van der Waals surface area contributed by atoms with Crippen molar-refractivity contribution in [3.05, 3.63) is 29.1 Å². The van der Waals surface area contributed by atoms with Crippen LogP contribution in [0.5, 0.6) is 5.75 Å². The number of hydrazine groups is 1. The number of benzene rings is 1. The molecule has 3 fully saturated rings. The average molecular weight is 513 g/mol. The van der Waals surface area contributed by atoms with Gasteiger partial charge in [0, 0.05) is 43.2 Å². The molecule has 0 spiro atoms. The lowest BCUT2D eigenvalue weighted by Gasteiger charge is -2.42. The van der Waals surface area contributed by atoms with Crippen LogP contribution in [0.3, 0.4) is 0 Å². The van der Waals surface area contributed by atoms with E-state index in [1.165, 1.54) is 74.9 Å². The molecule has 8 nitrogen and oxygen atoms in total. The molecule has 0 radical (unpaired) electrons. The van der Waals surface area contributed by atoms with E-state index in [1.54, 1.807) is 7.11 Å². The Morgan fingerprint density at radius 3 is 2.50 bits per heavy atom. The van der Waals surface area contributed by atoms with Gasteiger partial charge in [0.2, 0.25) is 0 Å². The largest absolute Gasteiger partial charge is 0.496 e. The quantitative estimate of drug-likeness (QED) is 0.589. The maximum Gasteiger partial charge on any atom is 0.335 e. The summed E-state index contributed by atoms with van der Waals surface area (Å²) in [5.41, 5.74) is 6.22. The SMILES string of the molecule is COc1ccc(C2CCCCC2)cc1-c1csc(NC(=O)NN2CCN(C3CCN(C)CC3)CC2)n1. The van der Waals surface area contributed by atoms with E-state index in [0.717, 1.165) is 43.2 Å². The van der Waals surface area contributed by atoms with E-state index >= 15 is 0 Å². The molecule has 3 heterocycles. The topological polar surface area (TPSA) is 73.0 Å². The molecule has 2 N–H and O–H groups in total. The molecule has 1 saturated carbocycles. The first kappa shape index (κ1) is 25.4. The predicted molar refractivity (Wildman–Crippen MR) is 146 cm³/mol. The number of hydrogen-bond donors (Lipinski definition) is 2. The monoisotopic (exact) mass is 512 g/mol. The Kier molecular flexibility index (Phi) is 8.41. The summed E-state index contributed by atoms with van der Waals surface area (Å²) in [5.74, 6) is 1.43. The van der Waals surface area contributed by atoms with E-state index in [4.69, 9.17) is 9.72 Å². The molecule has 2 saturated heterocycles. The van der Waals surface area contributed by atoms with Crippen LogP contribution >= 0.6 is 11.3 Å². The number of piperidine rings is 1. The maximum atomic E-state index is 12.7. The lowest BCUT2D eigenvalue weighted by Crippen LogP contribution is -2.57. The number of anilines is 1. The highest BCUT2D eigenvalue weighted by Gasteiger charge is 2.27. The van der Waals surface area contributed by atoms with Crippen molar-refractivity contribution in [1.29, 1.82) is 0 Å². The van der Waals surface area contributed by atoms with Crippen molar-refractivity contribution in [3.8, 4) is 17.0 Å². The van der Waals surface area contributed by atoms with Gasteiger partial charge in [0.1, 0.15) is 5.75 Å². The number of urea groups is 1. The number of hydrogen-bond acceptors (Lipinski definition) is 7. The average Bonchev–Trinajstić information content (AvgIpc) is 3.38. The number of amides is 2. The van der Waals surface area contributed by atoms with Gasteiger partial charge in [-0.25, -0.2) is 14.8 Å². The summed E-state index contributed by atoms with van der Waals surface area (Å²) in [6.07, 6.45) is 8.94. The van der Waals surface area contributed by atoms with Crippen molar-refractivity contribution in [1.82, 2.24) is 25.2 Å². The third-order valence-electron chi connectivity index (χ3n) is 8.08. The minimum absolute atomic E-state index is 0.230. The Bertz CT molecular complexity index is 1010. The molecule has 5 rings (SSSR count). The fourth-order valence-electron chi connectivity index (χ4n) is 5.90. The van der Waals surface area contributed by atoms with E-state index < -0.39 is 0 Å². The maximum absolute atomic E-state index is 12.7. The van der Waals surface area contributed by atoms with E-state index in [9.17, 15) is 4.79 Å². The molecule has 2 aromatic rings. The normalized spacial score (nSPS) is 21.4. The minimum atomic E-state index is -0.230. The fourth-order valence-corrected chi connectivity index (χ4v) is 6.60. The van der Waals surface area contributed by atoms with Crippen molar-refractivity contribution in [3.63, 3.8) is 0 Å². The molecule has 1 aromatic heterocycles. The smallest absolute Gasteiger partial charge is 0.335 e. The molecule has 0 unspecified atom stereocenters. The molecule has 2 amide bonds. The summed E-state index contributed by atoms with van der Waals surface area (Å²) in [7, 11) is 3.90. The van der Waals surface area contributed by atoms with Gasteiger partial charge in [-0.1, -0.05) is 25.3 Å². The number of carbonyl (C=O) groups excluding carboxylic acids is 1. The number of rotatable bonds is 6. The highest BCUT2D eigenvalue weighted by molar-refractivity contribution is 7.14. The molecule has 1 aliphatic carbocycles. The number of ether oxygens (including phenoxy) is 1. The van der Waals surface area contributed by atoms with Gasteiger partial charge in [-0.15, -0.1) is 11.3 Å². The van der Waals surface area contributed by atoms with Crippen LogP contribution in [0.2, 0.25) is 0 Å². The summed E-state index contributed by atoms with van der Waals surface area (Å²) in [6.45, 7) is 6.03. The number of carbonyl (C=O) groups is 1. The Labute approximate surface area is 219 Å². The molecule has 0 atom stereocenters. The highest BCUT2D eigenvalue weighted by atomic mass is 32.1. The van der Waals surface area contributed by atoms with Crippen molar-refractivity contribution in [2.75, 3.05) is 58.7 Å². The molecule has 36 heavy (non-hydrogen) atoms. The third kappa shape index (κ3) is 6.19. The Morgan fingerprint density at radius 2 is 1.78 bits per heavy atom. The van der Waals surface area contributed by atoms with Crippen LogP contribution in [-0.4, -0.2) is 85.3 Å². The van der Waals surface area contributed by atoms with Crippen molar-refractivity contribution in [2.45, 2.75) is 56.9 Å².